The van der Waals surface area contributed by atoms with E-state index in [0.29, 0.717) is 25.9 Å². The summed E-state index contributed by atoms with van der Waals surface area (Å²) in [6, 6.07) is 8.15. The number of aryl methyl sites for hydroxylation is 1. The highest BCUT2D eigenvalue weighted by Crippen LogP contribution is 2.27. The van der Waals surface area contributed by atoms with Crippen LogP contribution in [0.3, 0.4) is 0 Å². The van der Waals surface area contributed by atoms with Crippen molar-refractivity contribution in [2.75, 3.05) is 19.6 Å². The fourth-order valence-electron chi connectivity index (χ4n) is 3.05. The monoisotopic (exact) mass is 521 g/mol. The van der Waals surface area contributed by atoms with Gasteiger partial charge in [-0.15, -0.1) is 11.3 Å². The number of amides is 3. The SMILES string of the molecule is CC(C)(C)CC(=O)N1CCC(O)C1.CCCN.Cc1ncsc1-c1ccc(CNC=O)cc1.NC=O. The zero-order valence-corrected chi connectivity index (χ0v) is 23.0. The van der Waals surface area contributed by atoms with E-state index in [2.05, 4.69) is 55.9 Å². The number of nitrogens with zero attached hydrogens (tertiary/aromatic N) is 2. The van der Waals surface area contributed by atoms with Gasteiger partial charge in [0.25, 0.3) is 0 Å². The first-order valence-corrected chi connectivity index (χ1v) is 12.9. The molecule has 6 N–H and O–H groups in total. The van der Waals surface area contributed by atoms with Crippen molar-refractivity contribution >= 4 is 30.1 Å². The van der Waals surface area contributed by atoms with Crippen LogP contribution in [0.2, 0.25) is 0 Å². The molecule has 1 aromatic heterocycles. The Morgan fingerprint density at radius 1 is 1.28 bits per heavy atom. The van der Waals surface area contributed by atoms with E-state index in [9.17, 15) is 14.7 Å². The summed E-state index contributed by atoms with van der Waals surface area (Å²) in [6.45, 7) is 12.9. The minimum Gasteiger partial charge on any atom is -0.391 e. The van der Waals surface area contributed by atoms with E-state index >= 15 is 0 Å². The molecule has 0 aliphatic carbocycles. The number of rotatable bonds is 6. The lowest BCUT2D eigenvalue weighted by molar-refractivity contribution is -0.132. The molecular weight excluding hydrogens is 478 g/mol. The Morgan fingerprint density at radius 2 is 1.86 bits per heavy atom. The smallest absolute Gasteiger partial charge is 0.223 e. The summed E-state index contributed by atoms with van der Waals surface area (Å²) in [6.07, 6.45) is 3.06. The summed E-state index contributed by atoms with van der Waals surface area (Å²) >= 11 is 1.64. The van der Waals surface area contributed by atoms with Gasteiger partial charge in [-0.2, -0.15) is 0 Å². The van der Waals surface area contributed by atoms with Crippen LogP contribution in [-0.2, 0) is 20.9 Å². The maximum absolute atomic E-state index is 11.6. The molecule has 0 spiro atoms. The second-order valence-electron chi connectivity index (χ2n) is 9.41. The van der Waals surface area contributed by atoms with E-state index in [-0.39, 0.29) is 23.8 Å². The largest absolute Gasteiger partial charge is 0.391 e. The number of β-amino-alcohol motifs (C(OH)–C–C–N with tert-alkyl or cyclic N) is 1. The molecule has 1 aromatic carbocycles. The number of carbonyl (C=O) groups excluding carboxylic acids is 3. The van der Waals surface area contributed by atoms with Crippen LogP contribution in [0, 0.1) is 12.3 Å². The number of aliphatic hydroxyl groups is 1. The van der Waals surface area contributed by atoms with Gasteiger partial charge >= 0.3 is 0 Å². The summed E-state index contributed by atoms with van der Waals surface area (Å²) in [5.74, 6) is 0.170. The van der Waals surface area contributed by atoms with E-state index in [0.717, 1.165) is 37.2 Å². The molecule has 0 radical (unpaired) electrons. The van der Waals surface area contributed by atoms with Gasteiger partial charge in [-0.1, -0.05) is 52.0 Å². The Morgan fingerprint density at radius 3 is 2.25 bits per heavy atom. The molecule has 1 aliphatic heterocycles. The molecule has 1 fully saturated rings. The van der Waals surface area contributed by atoms with Crippen molar-refractivity contribution in [1.29, 1.82) is 0 Å². The predicted octanol–water partition coefficient (Wildman–Crippen LogP) is 2.84. The normalized spacial score (nSPS) is 14.2. The van der Waals surface area contributed by atoms with Crippen molar-refractivity contribution in [2.45, 2.75) is 66.5 Å². The Balaban J connectivity index is 0.000000549. The first kappa shape index (κ1) is 33.2. The molecule has 1 saturated heterocycles. The second kappa shape index (κ2) is 18.4. The number of likely N-dealkylation sites (tertiary alicyclic amines) is 1. The number of aromatic nitrogens is 1. The number of hydrogen-bond acceptors (Lipinski definition) is 7. The molecular formula is C26H43N5O4S. The lowest BCUT2D eigenvalue weighted by Gasteiger charge is -2.22. The third kappa shape index (κ3) is 14.6. The number of carbonyl (C=O) groups is 3. The fraction of sp³-hybridized carbons (Fsp3) is 0.538. The van der Waals surface area contributed by atoms with Gasteiger partial charge in [0.15, 0.2) is 0 Å². The predicted molar refractivity (Wildman–Crippen MR) is 146 cm³/mol. The first-order chi connectivity index (χ1) is 17.0. The molecule has 2 heterocycles. The van der Waals surface area contributed by atoms with Crippen LogP contribution in [0.4, 0.5) is 0 Å². The fourth-order valence-corrected chi connectivity index (χ4v) is 3.86. The molecule has 3 amide bonds. The van der Waals surface area contributed by atoms with E-state index in [1.807, 2.05) is 24.6 Å². The molecule has 202 valence electrons. The summed E-state index contributed by atoms with van der Waals surface area (Å²) in [4.78, 5) is 37.6. The molecule has 1 atom stereocenters. The summed E-state index contributed by atoms with van der Waals surface area (Å²) in [5.41, 5.74) is 14.4. The van der Waals surface area contributed by atoms with Crippen molar-refractivity contribution in [3.8, 4) is 10.4 Å². The topological polar surface area (TPSA) is 152 Å². The van der Waals surface area contributed by atoms with Crippen molar-refractivity contribution in [2.24, 2.45) is 16.9 Å². The van der Waals surface area contributed by atoms with Crippen LogP contribution in [0.5, 0.6) is 0 Å². The molecule has 10 heteroatoms. The third-order valence-corrected chi connectivity index (χ3v) is 5.82. The van der Waals surface area contributed by atoms with Crippen molar-refractivity contribution in [3.05, 3.63) is 41.0 Å². The molecule has 2 aromatic rings. The van der Waals surface area contributed by atoms with Crippen LogP contribution in [0.1, 0.15) is 58.2 Å². The molecule has 1 unspecified atom stereocenters. The van der Waals surface area contributed by atoms with Crippen molar-refractivity contribution < 1.29 is 19.5 Å². The van der Waals surface area contributed by atoms with Gasteiger partial charge < -0.3 is 26.8 Å². The standard InChI is InChI=1S/C12H12N2OS.C10H19NO2.C3H9N.CH3NO/c1-9-12(16-8-14-9)11-4-2-10(3-5-11)6-13-7-15;1-10(2,3)6-9(13)11-5-4-8(12)7-11;1-2-3-4;2-1-3/h2-5,7-8H,6H2,1H3,(H,13,15);8,12H,4-7H2,1-3H3;2-4H2,1H3;1H,(H2,2,3). The van der Waals surface area contributed by atoms with Gasteiger partial charge in [-0.3, -0.25) is 14.4 Å². The van der Waals surface area contributed by atoms with Gasteiger partial charge in [0.2, 0.25) is 18.7 Å². The van der Waals surface area contributed by atoms with Gasteiger partial charge in [0.1, 0.15) is 0 Å². The van der Waals surface area contributed by atoms with Crippen molar-refractivity contribution in [3.63, 3.8) is 0 Å². The van der Waals surface area contributed by atoms with Crippen LogP contribution in [0.15, 0.2) is 29.8 Å². The number of aliphatic hydroxyl groups excluding tert-OH is 1. The zero-order chi connectivity index (χ0) is 27.6. The Bertz CT molecular complexity index is 879. The van der Waals surface area contributed by atoms with Gasteiger partial charge in [-0.25, -0.2) is 4.98 Å². The zero-order valence-electron chi connectivity index (χ0n) is 22.2. The number of primary amides is 1. The molecule has 9 nitrogen and oxygen atoms in total. The second-order valence-corrected chi connectivity index (χ2v) is 10.3. The summed E-state index contributed by atoms with van der Waals surface area (Å²) < 4.78 is 0. The van der Waals surface area contributed by atoms with E-state index < -0.39 is 0 Å². The van der Waals surface area contributed by atoms with E-state index in [4.69, 9.17) is 10.5 Å². The number of nitrogens with one attached hydrogen (secondary N) is 1. The van der Waals surface area contributed by atoms with Crippen LogP contribution < -0.4 is 16.8 Å². The molecule has 0 saturated carbocycles. The number of benzene rings is 1. The highest BCUT2D eigenvalue weighted by Gasteiger charge is 2.27. The molecule has 36 heavy (non-hydrogen) atoms. The average molecular weight is 522 g/mol. The van der Waals surface area contributed by atoms with Crippen LogP contribution in [-0.4, -0.2) is 59.5 Å². The molecule has 3 rings (SSSR count). The average Bonchev–Trinajstić information content (AvgIpc) is 3.46. The minimum atomic E-state index is -0.302. The number of hydrogen-bond donors (Lipinski definition) is 4. The third-order valence-electron chi connectivity index (χ3n) is 4.84. The minimum absolute atomic E-state index is 0.0463. The molecule has 0 bridgehead atoms. The van der Waals surface area contributed by atoms with Gasteiger partial charge in [0, 0.05) is 26.1 Å². The lowest BCUT2D eigenvalue weighted by Crippen LogP contribution is -2.32. The highest BCUT2D eigenvalue weighted by atomic mass is 32.1. The lowest BCUT2D eigenvalue weighted by atomic mass is 9.92. The van der Waals surface area contributed by atoms with Crippen LogP contribution >= 0.6 is 11.3 Å². The highest BCUT2D eigenvalue weighted by molar-refractivity contribution is 7.13. The summed E-state index contributed by atoms with van der Waals surface area (Å²) in [5, 5.41) is 11.9. The Hall–Kier alpha value is -2.82. The van der Waals surface area contributed by atoms with Gasteiger partial charge in [0.05, 0.1) is 22.2 Å². The summed E-state index contributed by atoms with van der Waals surface area (Å²) in [7, 11) is 0. The number of thiazole rings is 1. The number of nitrogens with two attached hydrogens (primary N) is 2. The first-order valence-electron chi connectivity index (χ1n) is 12.0. The van der Waals surface area contributed by atoms with Crippen molar-refractivity contribution in [1.82, 2.24) is 15.2 Å². The Labute approximate surface area is 219 Å². The maximum atomic E-state index is 11.6. The maximum Gasteiger partial charge on any atom is 0.223 e. The quantitative estimate of drug-likeness (QED) is 0.429. The Kier molecular flexibility index (Phi) is 17.0. The van der Waals surface area contributed by atoms with E-state index in [1.165, 1.54) is 10.4 Å². The molecule has 1 aliphatic rings. The van der Waals surface area contributed by atoms with E-state index in [1.54, 1.807) is 16.2 Å². The van der Waals surface area contributed by atoms with Gasteiger partial charge in [-0.05, 0) is 42.9 Å². The van der Waals surface area contributed by atoms with Crippen LogP contribution in [0.25, 0.3) is 10.4 Å².